The highest BCUT2D eigenvalue weighted by Crippen LogP contribution is 2.30. The fourth-order valence-electron chi connectivity index (χ4n) is 6.59. The van der Waals surface area contributed by atoms with Crippen LogP contribution in [-0.2, 0) is 22.6 Å². The van der Waals surface area contributed by atoms with Gasteiger partial charge in [0.2, 0.25) is 0 Å². The highest BCUT2D eigenvalue weighted by molar-refractivity contribution is 5.69. The Hall–Kier alpha value is -2.25. The fraction of sp³-hybridized carbons (Fsp3) is 0.594. The summed E-state index contributed by atoms with van der Waals surface area (Å²) in [6, 6.07) is 21.3. The Balaban J connectivity index is 1.03. The van der Waals surface area contributed by atoms with Crippen LogP contribution in [0.25, 0.3) is 0 Å². The minimum absolute atomic E-state index is 0.0167. The van der Waals surface area contributed by atoms with Crippen molar-refractivity contribution < 1.29 is 14.6 Å². The van der Waals surface area contributed by atoms with Gasteiger partial charge in [-0.15, -0.1) is 0 Å². The van der Waals surface area contributed by atoms with E-state index in [1.54, 1.807) is 0 Å². The van der Waals surface area contributed by atoms with E-state index in [9.17, 15) is 9.90 Å². The van der Waals surface area contributed by atoms with E-state index in [0.29, 0.717) is 18.9 Å². The number of benzene rings is 2. The number of hydrogen-bond acceptors (Lipinski definition) is 6. The zero-order chi connectivity index (χ0) is 26.2. The molecule has 1 unspecified atom stereocenters. The van der Waals surface area contributed by atoms with Crippen LogP contribution in [-0.4, -0.2) is 83.3 Å². The predicted octanol–water partition coefficient (Wildman–Crippen LogP) is 4.32. The first-order valence-electron chi connectivity index (χ1n) is 14.8. The molecule has 3 atom stereocenters. The number of rotatable bonds is 12. The van der Waals surface area contributed by atoms with E-state index in [-0.39, 0.29) is 24.2 Å². The molecule has 0 aliphatic carbocycles. The van der Waals surface area contributed by atoms with E-state index in [4.69, 9.17) is 4.74 Å². The molecule has 0 saturated carbocycles. The molecule has 4 aliphatic rings. The van der Waals surface area contributed by atoms with Gasteiger partial charge in [-0.2, -0.15) is 0 Å². The molecule has 0 amide bonds. The Morgan fingerprint density at radius 3 is 2.08 bits per heavy atom. The quantitative estimate of drug-likeness (QED) is 0.333. The summed E-state index contributed by atoms with van der Waals surface area (Å²) in [5.41, 5.74) is 2.56. The summed E-state index contributed by atoms with van der Waals surface area (Å²) in [4.78, 5) is 19.6. The molecule has 2 aromatic rings. The molecule has 38 heavy (non-hydrogen) atoms. The smallest absolute Gasteiger partial charge is 0.306 e. The van der Waals surface area contributed by atoms with E-state index in [1.165, 1.54) is 37.1 Å². The molecule has 4 heterocycles. The third kappa shape index (κ3) is 7.66. The molecule has 1 N–H and O–H groups in total. The molecule has 6 rings (SSSR count). The summed E-state index contributed by atoms with van der Waals surface area (Å²) in [7, 11) is 0. The van der Waals surface area contributed by atoms with Crippen LogP contribution in [0.4, 0.5) is 0 Å². The van der Waals surface area contributed by atoms with Gasteiger partial charge in [-0.3, -0.25) is 14.6 Å². The van der Waals surface area contributed by atoms with Gasteiger partial charge in [0.25, 0.3) is 0 Å². The van der Waals surface area contributed by atoms with Crippen LogP contribution in [0.5, 0.6) is 0 Å². The molecule has 4 aliphatic heterocycles. The van der Waals surface area contributed by atoms with Crippen molar-refractivity contribution in [2.75, 3.05) is 39.3 Å². The predicted molar refractivity (Wildman–Crippen MR) is 150 cm³/mol. The average Bonchev–Trinajstić information content (AvgIpc) is 2.94. The number of aliphatic hydroxyl groups excluding tert-OH is 1. The molecule has 6 heteroatoms. The van der Waals surface area contributed by atoms with Crippen LogP contribution in [0.1, 0.15) is 56.1 Å². The van der Waals surface area contributed by atoms with Crippen molar-refractivity contribution in [3.05, 3.63) is 71.8 Å². The Morgan fingerprint density at radius 1 is 0.842 bits per heavy atom. The number of carbonyl (C=O) groups excluding carboxylic acids is 1. The van der Waals surface area contributed by atoms with E-state index in [0.717, 1.165) is 58.4 Å². The number of nitrogens with zero attached hydrogens (tertiary/aromatic N) is 3. The van der Waals surface area contributed by atoms with Gasteiger partial charge in [-0.1, -0.05) is 67.1 Å². The molecule has 2 aromatic carbocycles. The first-order valence-corrected chi connectivity index (χ1v) is 14.8. The summed E-state index contributed by atoms with van der Waals surface area (Å²) in [6.07, 6.45) is 6.58. The van der Waals surface area contributed by atoms with Crippen molar-refractivity contribution in [2.24, 2.45) is 5.92 Å². The Labute approximate surface area is 228 Å². The highest BCUT2D eigenvalue weighted by Gasteiger charge is 2.36. The SMILES string of the molecule is O=C(CCCCCN1CC[C@@H](N(Cc2ccccc2)Cc2ccccc2)[C@@H](O)C1)OC1CN2CCC1CC2. The van der Waals surface area contributed by atoms with Crippen molar-refractivity contribution in [1.29, 1.82) is 0 Å². The second kappa shape index (κ2) is 13.7. The summed E-state index contributed by atoms with van der Waals surface area (Å²) >= 11 is 0. The third-order valence-corrected chi connectivity index (χ3v) is 8.79. The molecule has 4 fully saturated rings. The van der Waals surface area contributed by atoms with Gasteiger partial charge in [0.15, 0.2) is 0 Å². The lowest BCUT2D eigenvalue weighted by molar-refractivity contribution is -0.158. The Kier molecular flexibility index (Phi) is 9.85. The van der Waals surface area contributed by atoms with Crippen LogP contribution in [0, 0.1) is 5.92 Å². The van der Waals surface area contributed by atoms with Crippen LogP contribution < -0.4 is 0 Å². The first-order chi connectivity index (χ1) is 18.6. The highest BCUT2D eigenvalue weighted by atomic mass is 16.5. The van der Waals surface area contributed by atoms with E-state index in [2.05, 4.69) is 75.4 Å². The Bertz CT molecular complexity index is 938. The van der Waals surface area contributed by atoms with Crippen molar-refractivity contribution >= 4 is 5.97 Å². The molecule has 0 aromatic heterocycles. The molecule has 0 radical (unpaired) electrons. The van der Waals surface area contributed by atoms with Crippen molar-refractivity contribution in [2.45, 2.75) is 76.3 Å². The monoisotopic (exact) mass is 519 g/mol. The van der Waals surface area contributed by atoms with E-state index in [1.807, 2.05) is 0 Å². The number of piperidine rings is 4. The van der Waals surface area contributed by atoms with Crippen LogP contribution in [0.3, 0.4) is 0 Å². The second-order valence-electron chi connectivity index (χ2n) is 11.6. The molecular weight excluding hydrogens is 474 g/mol. The number of β-amino-alcohol motifs (C(OH)–C–C–N with tert-alkyl or cyclic N) is 1. The van der Waals surface area contributed by atoms with Gasteiger partial charge in [-0.05, 0) is 75.3 Å². The van der Waals surface area contributed by atoms with Crippen LogP contribution in [0.2, 0.25) is 0 Å². The normalized spacial score (nSPS) is 27.5. The zero-order valence-corrected chi connectivity index (χ0v) is 22.8. The first kappa shape index (κ1) is 27.3. The summed E-state index contributed by atoms with van der Waals surface area (Å²) in [6.45, 7) is 7.65. The fourth-order valence-corrected chi connectivity index (χ4v) is 6.59. The number of fused-ring (bicyclic) bond motifs is 3. The zero-order valence-electron chi connectivity index (χ0n) is 22.8. The molecule has 6 nitrogen and oxygen atoms in total. The number of aliphatic hydroxyl groups is 1. The lowest BCUT2D eigenvalue weighted by atomic mass is 9.86. The lowest BCUT2D eigenvalue weighted by Crippen LogP contribution is -2.53. The number of likely N-dealkylation sites (tertiary alicyclic amines) is 1. The van der Waals surface area contributed by atoms with Gasteiger partial charge in [-0.25, -0.2) is 0 Å². The summed E-state index contributed by atoms with van der Waals surface area (Å²) in [5, 5.41) is 11.2. The largest absolute Gasteiger partial charge is 0.461 e. The van der Waals surface area contributed by atoms with Gasteiger partial charge < -0.3 is 14.7 Å². The maximum atomic E-state index is 12.4. The van der Waals surface area contributed by atoms with Crippen LogP contribution >= 0.6 is 0 Å². The van der Waals surface area contributed by atoms with Crippen molar-refractivity contribution in [3.8, 4) is 0 Å². The maximum Gasteiger partial charge on any atom is 0.306 e. The molecule has 4 saturated heterocycles. The molecule has 0 spiro atoms. The molecule has 206 valence electrons. The summed E-state index contributed by atoms with van der Waals surface area (Å²) < 4.78 is 5.83. The van der Waals surface area contributed by atoms with Crippen molar-refractivity contribution in [1.82, 2.24) is 14.7 Å². The number of hydrogen-bond donors (Lipinski definition) is 1. The van der Waals surface area contributed by atoms with Crippen LogP contribution in [0.15, 0.2) is 60.7 Å². The minimum atomic E-state index is -0.368. The second-order valence-corrected chi connectivity index (χ2v) is 11.6. The number of ether oxygens (including phenoxy) is 1. The summed E-state index contributed by atoms with van der Waals surface area (Å²) in [5.74, 6) is 0.562. The van der Waals surface area contributed by atoms with Gasteiger partial charge >= 0.3 is 5.97 Å². The standard InChI is InChI=1S/C32H45N3O3/c36-30-24-33(18-9-3-8-14-32(37)38-31-25-34-19-15-28(31)16-20-34)21-17-29(30)35(22-26-10-4-1-5-11-26)23-27-12-6-2-7-13-27/h1-2,4-7,10-13,28-31,36H,3,8-9,14-25H2/t29-,30+,31?/m1/s1. The minimum Gasteiger partial charge on any atom is -0.461 e. The van der Waals surface area contributed by atoms with Gasteiger partial charge in [0.1, 0.15) is 6.10 Å². The van der Waals surface area contributed by atoms with E-state index >= 15 is 0 Å². The number of esters is 1. The lowest BCUT2D eigenvalue weighted by Gasteiger charge is -2.43. The van der Waals surface area contributed by atoms with Gasteiger partial charge in [0.05, 0.1) is 6.10 Å². The van der Waals surface area contributed by atoms with E-state index < -0.39 is 0 Å². The van der Waals surface area contributed by atoms with Crippen molar-refractivity contribution in [3.63, 3.8) is 0 Å². The number of carbonyl (C=O) groups is 1. The topological polar surface area (TPSA) is 56.3 Å². The molecule has 2 bridgehead atoms. The third-order valence-electron chi connectivity index (χ3n) is 8.79. The van der Waals surface area contributed by atoms with Gasteiger partial charge in [0, 0.05) is 38.6 Å². The maximum absolute atomic E-state index is 12.4. The molecular formula is C32H45N3O3. The number of unbranched alkanes of at least 4 members (excludes halogenated alkanes) is 2. The average molecular weight is 520 g/mol. The Morgan fingerprint density at radius 2 is 1.50 bits per heavy atom.